The maximum absolute atomic E-state index is 6.10. The Morgan fingerprint density at radius 1 is 1.18 bits per heavy atom. The summed E-state index contributed by atoms with van der Waals surface area (Å²) >= 11 is 0. The van der Waals surface area contributed by atoms with E-state index >= 15 is 0 Å². The fourth-order valence-corrected chi connectivity index (χ4v) is 3.17. The van der Waals surface area contributed by atoms with Crippen molar-refractivity contribution in [1.82, 2.24) is 0 Å². The molecule has 3 fully saturated rings. The van der Waals surface area contributed by atoms with Crippen LogP contribution in [0.4, 0.5) is 0 Å². The minimum absolute atomic E-state index is 0.144. The average molecular weight is 302 g/mol. The van der Waals surface area contributed by atoms with E-state index in [1.54, 1.807) is 0 Å². The molecule has 0 spiro atoms. The SMILES string of the molecule is C=Cc1ccc(B2OC[C@H]3O[C@@H]4OC(C)(C)O[C@@H]4[C@H]3O2)cc1. The molecular formula is C16H19BO5. The average Bonchev–Trinajstić information content (AvgIpc) is 2.98. The smallest absolute Gasteiger partial charge is 0.404 e. The lowest BCUT2D eigenvalue weighted by molar-refractivity contribution is -0.221. The van der Waals surface area contributed by atoms with Gasteiger partial charge in [-0.3, -0.25) is 0 Å². The van der Waals surface area contributed by atoms with Crippen LogP contribution in [-0.2, 0) is 23.5 Å². The summed E-state index contributed by atoms with van der Waals surface area (Å²) < 4.78 is 29.4. The van der Waals surface area contributed by atoms with Gasteiger partial charge < -0.3 is 23.5 Å². The maximum atomic E-state index is 6.10. The van der Waals surface area contributed by atoms with Crippen LogP contribution in [0, 0.1) is 0 Å². The van der Waals surface area contributed by atoms with E-state index in [1.807, 2.05) is 44.2 Å². The van der Waals surface area contributed by atoms with Crippen LogP contribution < -0.4 is 5.46 Å². The van der Waals surface area contributed by atoms with Crippen LogP contribution in [0.2, 0.25) is 0 Å². The van der Waals surface area contributed by atoms with Crippen molar-refractivity contribution in [2.45, 2.75) is 44.2 Å². The van der Waals surface area contributed by atoms with Gasteiger partial charge in [0.05, 0.1) is 6.61 Å². The molecule has 3 aliphatic heterocycles. The van der Waals surface area contributed by atoms with E-state index in [4.69, 9.17) is 23.5 Å². The van der Waals surface area contributed by atoms with E-state index < -0.39 is 12.9 Å². The monoisotopic (exact) mass is 302 g/mol. The molecule has 116 valence electrons. The fourth-order valence-electron chi connectivity index (χ4n) is 3.17. The molecule has 3 aliphatic rings. The normalized spacial score (nSPS) is 36.0. The first-order valence-electron chi connectivity index (χ1n) is 7.56. The third-order valence-electron chi connectivity index (χ3n) is 4.22. The highest BCUT2D eigenvalue weighted by Crippen LogP contribution is 2.40. The third kappa shape index (κ3) is 2.41. The fraction of sp³-hybridized carbons (Fsp3) is 0.500. The van der Waals surface area contributed by atoms with E-state index in [0.717, 1.165) is 11.0 Å². The zero-order valence-electron chi connectivity index (χ0n) is 12.7. The predicted molar refractivity (Wildman–Crippen MR) is 81.4 cm³/mol. The van der Waals surface area contributed by atoms with Crippen LogP contribution in [0.1, 0.15) is 19.4 Å². The van der Waals surface area contributed by atoms with Crippen molar-refractivity contribution in [2.75, 3.05) is 6.61 Å². The zero-order chi connectivity index (χ0) is 15.3. The van der Waals surface area contributed by atoms with Gasteiger partial charge in [0.1, 0.15) is 18.3 Å². The summed E-state index contributed by atoms with van der Waals surface area (Å²) in [7, 11) is -0.408. The highest BCUT2D eigenvalue weighted by atomic mass is 16.8. The maximum Gasteiger partial charge on any atom is 0.494 e. The van der Waals surface area contributed by atoms with Crippen molar-refractivity contribution in [3.8, 4) is 0 Å². The number of hydrogen-bond donors (Lipinski definition) is 0. The summed E-state index contributed by atoms with van der Waals surface area (Å²) in [4.78, 5) is 0. The lowest BCUT2D eigenvalue weighted by atomic mass is 9.76. The quantitative estimate of drug-likeness (QED) is 0.771. The van der Waals surface area contributed by atoms with Crippen LogP contribution in [0.15, 0.2) is 30.8 Å². The summed E-state index contributed by atoms with van der Waals surface area (Å²) in [5.41, 5.74) is 2.04. The molecule has 3 heterocycles. The van der Waals surface area contributed by atoms with Gasteiger partial charge in [-0.1, -0.05) is 36.9 Å². The van der Waals surface area contributed by atoms with E-state index in [2.05, 4.69) is 6.58 Å². The van der Waals surface area contributed by atoms with Gasteiger partial charge in [-0.2, -0.15) is 0 Å². The van der Waals surface area contributed by atoms with Crippen molar-refractivity contribution < 1.29 is 23.5 Å². The van der Waals surface area contributed by atoms with Crippen molar-refractivity contribution in [3.63, 3.8) is 0 Å². The molecule has 0 aliphatic carbocycles. The van der Waals surface area contributed by atoms with Gasteiger partial charge in [-0.25, -0.2) is 0 Å². The van der Waals surface area contributed by atoms with Gasteiger partial charge in [0.2, 0.25) is 0 Å². The summed E-state index contributed by atoms with van der Waals surface area (Å²) in [5, 5.41) is 0. The van der Waals surface area contributed by atoms with Gasteiger partial charge in [-0.15, -0.1) is 0 Å². The molecule has 5 nitrogen and oxygen atoms in total. The van der Waals surface area contributed by atoms with E-state index in [9.17, 15) is 0 Å². The van der Waals surface area contributed by atoms with Crippen LogP contribution >= 0.6 is 0 Å². The minimum atomic E-state index is -0.636. The Morgan fingerprint density at radius 3 is 2.68 bits per heavy atom. The molecule has 3 saturated heterocycles. The van der Waals surface area contributed by atoms with Gasteiger partial charge in [0.15, 0.2) is 12.1 Å². The molecular weight excluding hydrogens is 283 g/mol. The number of fused-ring (bicyclic) bond motifs is 3. The molecule has 0 unspecified atom stereocenters. The standard InChI is InChI=1S/C16H19BO5/c1-4-10-5-7-11(8-6-10)17-18-9-12-13(22-17)14-15(19-12)21-16(2,3)20-14/h4-8,12-15H,1,9H2,2-3H3/t12-,13+,14-,15-/m1/s1. The molecule has 0 N–H and O–H groups in total. The molecule has 6 heteroatoms. The second kappa shape index (κ2) is 5.18. The second-order valence-corrected chi connectivity index (χ2v) is 6.28. The summed E-state index contributed by atoms with van der Waals surface area (Å²) in [5.74, 6) is -0.636. The highest BCUT2D eigenvalue weighted by Gasteiger charge is 2.57. The molecule has 0 saturated carbocycles. The zero-order valence-corrected chi connectivity index (χ0v) is 12.7. The Bertz CT molecular complexity index is 572. The Balaban J connectivity index is 1.51. The molecule has 0 radical (unpaired) electrons. The van der Waals surface area contributed by atoms with E-state index in [-0.39, 0.29) is 24.6 Å². The molecule has 4 rings (SSSR count). The molecule has 1 aromatic rings. The molecule has 0 bridgehead atoms. The summed E-state index contributed by atoms with van der Waals surface area (Å²) in [6.07, 6.45) is 0.901. The third-order valence-corrected chi connectivity index (χ3v) is 4.22. The van der Waals surface area contributed by atoms with Crippen molar-refractivity contribution in [3.05, 3.63) is 36.4 Å². The Hall–Kier alpha value is -1.18. The number of benzene rings is 1. The molecule has 0 amide bonds. The lowest BCUT2D eigenvalue weighted by Gasteiger charge is -2.32. The summed E-state index contributed by atoms with van der Waals surface area (Å²) in [6.45, 7) is 7.99. The van der Waals surface area contributed by atoms with Crippen molar-refractivity contribution in [2.24, 2.45) is 0 Å². The van der Waals surface area contributed by atoms with Gasteiger partial charge >= 0.3 is 7.12 Å². The lowest BCUT2D eigenvalue weighted by Crippen LogP contribution is -2.53. The van der Waals surface area contributed by atoms with E-state index in [0.29, 0.717) is 6.61 Å². The minimum Gasteiger partial charge on any atom is -0.404 e. The molecule has 22 heavy (non-hydrogen) atoms. The van der Waals surface area contributed by atoms with E-state index in [1.165, 1.54) is 0 Å². The first-order chi connectivity index (χ1) is 10.6. The van der Waals surface area contributed by atoms with Gasteiger partial charge in [-0.05, 0) is 24.9 Å². The first-order valence-corrected chi connectivity index (χ1v) is 7.56. The summed E-state index contributed by atoms with van der Waals surface area (Å²) in [6, 6.07) is 7.97. The number of rotatable bonds is 2. The van der Waals surface area contributed by atoms with Crippen LogP contribution in [0.3, 0.4) is 0 Å². The number of hydrogen-bond acceptors (Lipinski definition) is 5. The largest absolute Gasteiger partial charge is 0.494 e. The predicted octanol–water partition coefficient (Wildman–Crippen LogP) is 1.32. The Kier molecular flexibility index (Phi) is 3.40. The van der Waals surface area contributed by atoms with Crippen molar-refractivity contribution in [1.29, 1.82) is 0 Å². The Labute approximate surface area is 130 Å². The highest BCUT2D eigenvalue weighted by molar-refractivity contribution is 6.61. The van der Waals surface area contributed by atoms with Gasteiger partial charge in [0, 0.05) is 0 Å². The van der Waals surface area contributed by atoms with Crippen LogP contribution in [0.25, 0.3) is 6.08 Å². The van der Waals surface area contributed by atoms with Crippen molar-refractivity contribution >= 4 is 18.7 Å². The number of ether oxygens (including phenoxy) is 3. The van der Waals surface area contributed by atoms with Crippen LogP contribution in [-0.4, -0.2) is 44.1 Å². The van der Waals surface area contributed by atoms with Crippen LogP contribution in [0.5, 0.6) is 0 Å². The van der Waals surface area contributed by atoms with Gasteiger partial charge in [0.25, 0.3) is 0 Å². The molecule has 0 aromatic heterocycles. The topological polar surface area (TPSA) is 46.2 Å². The molecule has 4 atom stereocenters. The second-order valence-electron chi connectivity index (χ2n) is 6.28. The first kappa shape index (κ1) is 14.4. The molecule has 1 aromatic carbocycles. The Morgan fingerprint density at radius 2 is 1.95 bits per heavy atom.